The molecule has 3 aromatic rings. The number of halogens is 1. The van der Waals surface area contributed by atoms with Crippen LogP contribution in [-0.4, -0.2) is 31.1 Å². The fourth-order valence-electron chi connectivity index (χ4n) is 2.84. The summed E-state index contributed by atoms with van der Waals surface area (Å²) in [7, 11) is 1.79. The van der Waals surface area contributed by atoms with Crippen molar-refractivity contribution in [2.24, 2.45) is 4.99 Å². The Balaban J connectivity index is 0.00000320. The molecule has 0 radical (unpaired) electrons. The Hall–Kier alpha value is -2.13. The predicted molar refractivity (Wildman–Crippen MR) is 136 cm³/mol. The van der Waals surface area contributed by atoms with Crippen molar-refractivity contribution in [1.29, 1.82) is 0 Å². The summed E-state index contributed by atoms with van der Waals surface area (Å²) in [6, 6.07) is 18.5. The third-order valence-electron chi connectivity index (χ3n) is 4.40. The minimum atomic E-state index is 0. The second-order valence-corrected chi connectivity index (χ2v) is 8.03. The smallest absolute Gasteiger partial charge is 0.191 e. The van der Waals surface area contributed by atoms with Crippen LogP contribution in [0.5, 0.6) is 5.75 Å². The van der Waals surface area contributed by atoms with Gasteiger partial charge in [0.25, 0.3) is 0 Å². The molecule has 0 aliphatic rings. The first-order valence-electron chi connectivity index (χ1n) is 9.84. The Morgan fingerprint density at radius 2 is 1.67 bits per heavy atom. The van der Waals surface area contributed by atoms with Crippen LogP contribution < -0.4 is 15.4 Å². The van der Waals surface area contributed by atoms with E-state index in [0.717, 1.165) is 42.6 Å². The Morgan fingerprint density at radius 1 is 0.967 bits per heavy atom. The van der Waals surface area contributed by atoms with Gasteiger partial charge in [0.2, 0.25) is 0 Å². The number of thiazole rings is 1. The molecule has 160 valence electrons. The van der Waals surface area contributed by atoms with Crippen molar-refractivity contribution < 1.29 is 4.74 Å². The maximum absolute atomic E-state index is 5.84. The van der Waals surface area contributed by atoms with Crippen LogP contribution in [0, 0.1) is 6.92 Å². The average Bonchev–Trinajstić information content (AvgIpc) is 3.17. The van der Waals surface area contributed by atoms with Crippen LogP contribution in [0.15, 0.2) is 65.8 Å². The van der Waals surface area contributed by atoms with Crippen LogP contribution in [0.3, 0.4) is 0 Å². The molecule has 3 rings (SSSR count). The molecule has 0 fully saturated rings. The Bertz CT molecular complexity index is 897. The SMILES string of the molecule is CN=C(NCCc1ccc(OCc2ccccc2)cc1)NCCc1ncc(C)s1.I. The Morgan fingerprint density at radius 3 is 2.30 bits per heavy atom. The third kappa shape index (κ3) is 8.31. The minimum Gasteiger partial charge on any atom is -0.489 e. The van der Waals surface area contributed by atoms with Crippen molar-refractivity contribution in [3.63, 3.8) is 0 Å². The zero-order valence-corrected chi connectivity index (χ0v) is 20.6. The van der Waals surface area contributed by atoms with E-state index in [1.807, 2.05) is 36.5 Å². The molecule has 0 atom stereocenters. The number of aryl methyl sites for hydroxylation is 1. The van der Waals surface area contributed by atoms with Gasteiger partial charge in [-0.3, -0.25) is 4.99 Å². The molecule has 1 aromatic heterocycles. The third-order valence-corrected chi connectivity index (χ3v) is 5.37. The van der Waals surface area contributed by atoms with Gasteiger partial charge in [0.15, 0.2) is 5.96 Å². The van der Waals surface area contributed by atoms with Gasteiger partial charge < -0.3 is 15.4 Å². The van der Waals surface area contributed by atoms with Crippen LogP contribution in [0.1, 0.15) is 21.0 Å². The molecule has 30 heavy (non-hydrogen) atoms. The van der Waals surface area contributed by atoms with Gasteiger partial charge in [0.05, 0.1) is 5.01 Å². The Labute approximate surface area is 200 Å². The Kier molecular flexibility index (Phi) is 10.6. The molecular formula is C23H29IN4OS. The van der Waals surface area contributed by atoms with Gasteiger partial charge in [-0.25, -0.2) is 4.98 Å². The quantitative estimate of drug-likeness (QED) is 0.239. The minimum absolute atomic E-state index is 0. The van der Waals surface area contributed by atoms with E-state index >= 15 is 0 Å². The van der Waals surface area contributed by atoms with E-state index in [4.69, 9.17) is 4.74 Å². The zero-order chi connectivity index (χ0) is 20.3. The summed E-state index contributed by atoms with van der Waals surface area (Å²) in [5.74, 6) is 1.71. The van der Waals surface area contributed by atoms with Gasteiger partial charge in [0, 0.05) is 37.6 Å². The highest BCUT2D eigenvalue weighted by Crippen LogP contribution is 2.14. The second-order valence-electron chi connectivity index (χ2n) is 6.71. The van der Waals surface area contributed by atoms with Crippen molar-refractivity contribution in [1.82, 2.24) is 15.6 Å². The molecule has 0 bridgehead atoms. The zero-order valence-electron chi connectivity index (χ0n) is 17.4. The summed E-state index contributed by atoms with van der Waals surface area (Å²) >= 11 is 1.74. The molecule has 0 unspecified atom stereocenters. The van der Waals surface area contributed by atoms with E-state index in [-0.39, 0.29) is 24.0 Å². The average molecular weight is 536 g/mol. The molecule has 0 amide bonds. The van der Waals surface area contributed by atoms with Crippen LogP contribution in [0.2, 0.25) is 0 Å². The van der Waals surface area contributed by atoms with E-state index in [2.05, 4.69) is 51.8 Å². The number of aromatic nitrogens is 1. The molecule has 2 N–H and O–H groups in total. The lowest BCUT2D eigenvalue weighted by Crippen LogP contribution is -2.39. The molecule has 0 spiro atoms. The van der Waals surface area contributed by atoms with E-state index in [9.17, 15) is 0 Å². The lowest BCUT2D eigenvalue weighted by atomic mass is 10.1. The number of hydrogen-bond acceptors (Lipinski definition) is 4. The number of nitrogens with one attached hydrogen (secondary N) is 2. The van der Waals surface area contributed by atoms with Crippen LogP contribution in [-0.2, 0) is 19.4 Å². The maximum Gasteiger partial charge on any atom is 0.191 e. The fourth-order valence-corrected chi connectivity index (χ4v) is 3.63. The summed E-state index contributed by atoms with van der Waals surface area (Å²) < 4.78 is 5.84. The van der Waals surface area contributed by atoms with E-state index in [1.54, 1.807) is 18.4 Å². The highest BCUT2D eigenvalue weighted by atomic mass is 127. The summed E-state index contributed by atoms with van der Waals surface area (Å²) in [5, 5.41) is 7.85. The number of nitrogens with zero attached hydrogens (tertiary/aromatic N) is 2. The van der Waals surface area contributed by atoms with Crippen LogP contribution in [0.25, 0.3) is 0 Å². The van der Waals surface area contributed by atoms with Gasteiger partial charge >= 0.3 is 0 Å². The number of rotatable bonds is 9. The van der Waals surface area contributed by atoms with Gasteiger partial charge in [0.1, 0.15) is 12.4 Å². The monoisotopic (exact) mass is 536 g/mol. The topological polar surface area (TPSA) is 58.5 Å². The summed E-state index contributed by atoms with van der Waals surface area (Å²) in [4.78, 5) is 9.92. The van der Waals surface area contributed by atoms with Crippen molar-refractivity contribution >= 4 is 41.3 Å². The van der Waals surface area contributed by atoms with E-state index < -0.39 is 0 Å². The molecular weight excluding hydrogens is 507 g/mol. The van der Waals surface area contributed by atoms with Crippen LogP contribution in [0.4, 0.5) is 0 Å². The molecule has 2 aromatic carbocycles. The van der Waals surface area contributed by atoms with E-state index in [1.165, 1.54) is 16.0 Å². The van der Waals surface area contributed by atoms with Gasteiger partial charge in [-0.05, 0) is 36.6 Å². The molecule has 0 saturated heterocycles. The number of hydrogen-bond donors (Lipinski definition) is 2. The van der Waals surface area contributed by atoms with Crippen molar-refractivity contribution in [2.45, 2.75) is 26.4 Å². The lowest BCUT2D eigenvalue weighted by Gasteiger charge is -2.12. The fraction of sp³-hybridized carbons (Fsp3) is 0.304. The van der Waals surface area contributed by atoms with Crippen molar-refractivity contribution in [3.05, 3.63) is 81.8 Å². The predicted octanol–water partition coefficient (Wildman–Crippen LogP) is 4.60. The number of ether oxygens (including phenoxy) is 1. The van der Waals surface area contributed by atoms with Crippen molar-refractivity contribution in [2.75, 3.05) is 20.1 Å². The molecule has 0 aliphatic carbocycles. The standard InChI is InChI=1S/C23H28N4OS.HI/c1-18-16-27-22(29-18)13-15-26-23(24-2)25-14-12-19-8-10-21(11-9-19)28-17-20-6-4-3-5-7-20;/h3-11,16H,12-15,17H2,1-2H3,(H2,24,25,26);1H. The number of aliphatic imine (C=N–C) groups is 1. The lowest BCUT2D eigenvalue weighted by molar-refractivity contribution is 0.306. The van der Waals surface area contributed by atoms with Crippen molar-refractivity contribution in [3.8, 4) is 5.75 Å². The number of benzene rings is 2. The first-order chi connectivity index (χ1) is 14.2. The molecule has 0 saturated carbocycles. The van der Waals surface area contributed by atoms with Crippen LogP contribution >= 0.6 is 35.3 Å². The highest BCUT2D eigenvalue weighted by molar-refractivity contribution is 14.0. The normalized spacial score (nSPS) is 10.9. The second kappa shape index (κ2) is 13.2. The summed E-state index contributed by atoms with van der Waals surface area (Å²) in [6.45, 7) is 4.31. The first-order valence-corrected chi connectivity index (χ1v) is 10.7. The highest BCUT2D eigenvalue weighted by Gasteiger charge is 2.02. The van der Waals surface area contributed by atoms with E-state index in [0.29, 0.717) is 6.61 Å². The molecule has 1 heterocycles. The first kappa shape index (κ1) is 24.1. The molecule has 5 nitrogen and oxygen atoms in total. The molecule has 0 aliphatic heterocycles. The maximum atomic E-state index is 5.84. The van der Waals surface area contributed by atoms with Gasteiger partial charge in [-0.1, -0.05) is 42.5 Å². The van der Waals surface area contributed by atoms with Gasteiger partial charge in [-0.15, -0.1) is 35.3 Å². The molecule has 7 heteroatoms. The number of guanidine groups is 1. The summed E-state index contributed by atoms with van der Waals surface area (Å²) in [6.07, 6.45) is 3.75. The van der Waals surface area contributed by atoms with Gasteiger partial charge in [-0.2, -0.15) is 0 Å². The largest absolute Gasteiger partial charge is 0.489 e. The summed E-state index contributed by atoms with van der Waals surface area (Å²) in [5.41, 5.74) is 2.43.